The molecule has 20 heavy (non-hydrogen) atoms. The minimum absolute atomic E-state index is 0.00243. The molecule has 1 unspecified atom stereocenters. The first-order valence-corrected chi connectivity index (χ1v) is 7.99. The molecule has 5 nitrogen and oxygen atoms in total. The average Bonchev–Trinajstić information content (AvgIpc) is 2.26. The summed E-state index contributed by atoms with van der Waals surface area (Å²) in [4.78, 5) is 27.7. The summed E-state index contributed by atoms with van der Waals surface area (Å²) in [5.74, 6) is 0.907. The van der Waals surface area contributed by atoms with E-state index in [-0.39, 0.29) is 30.0 Å². The van der Waals surface area contributed by atoms with Crippen molar-refractivity contribution in [3.05, 3.63) is 0 Å². The molecule has 1 rings (SSSR count). The molecule has 1 aliphatic rings. The van der Waals surface area contributed by atoms with Crippen LogP contribution in [0.5, 0.6) is 0 Å². The van der Waals surface area contributed by atoms with Gasteiger partial charge in [0.15, 0.2) is 0 Å². The Bertz CT molecular complexity index is 402. The van der Waals surface area contributed by atoms with Gasteiger partial charge in [-0.25, -0.2) is 4.31 Å². The Morgan fingerprint density at radius 1 is 1.40 bits per heavy atom. The van der Waals surface area contributed by atoms with E-state index < -0.39 is 5.41 Å². The molecule has 1 aliphatic heterocycles. The van der Waals surface area contributed by atoms with E-state index in [1.54, 1.807) is 11.9 Å². The molecule has 114 valence electrons. The van der Waals surface area contributed by atoms with Gasteiger partial charge in [0.25, 0.3) is 5.91 Å². The number of amides is 1. The van der Waals surface area contributed by atoms with Crippen LogP contribution in [0.25, 0.3) is 0 Å². The first kappa shape index (κ1) is 17.2. The molecule has 0 bridgehead atoms. The van der Waals surface area contributed by atoms with Gasteiger partial charge >= 0.3 is 0 Å². The number of nitrogens with two attached hydrogens (primary N) is 1. The normalized spacial score (nSPS) is 20.6. The molecule has 0 aromatic rings. The van der Waals surface area contributed by atoms with E-state index >= 15 is 0 Å². The van der Waals surface area contributed by atoms with Crippen molar-refractivity contribution >= 4 is 29.5 Å². The number of Topliss-reactive ketones (excluding diaryl/α,β-unsaturated/α-hetero) is 1. The summed E-state index contributed by atoms with van der Waals surface area (Å²) in [5, 5.41) is 0. The summed E-state index contributed by atoms with van der Waals surface area (Å²) in [6, 6.07) is -0.171. The lowest BCUT2D eigenvalue weighted by Crippen LogP contribution is -2.48. The summed E-state index contributed by atoms with van der Waals surface area (Å²) in [7, 11) is 0. The highest BCUT2D eigenvalue weighted by atomic mass is 32.2. The second-order valence-corrected chi connectivity index (χ2v) is 7.21. The Morgan fingerprint density at radius 3 is 2.50 bits per heavy atom. The fraction of sp³-hybridized carbons (Fsp3) is 0.786. The van der Waals surface area contributed by atoms with Crippen molar-refractivity contribution in [2.45, 2.75) is 53.0 Å². The number of hydrogen-bond donors (Lipinski definition) is 1. The lowest BCUT2D eigenvalue weighted by atomic mass is 9.89. The number of carbonyl (C=O) groups is 2. The van der Waals surface area contributed by atoms with Crippen LogP contribution in [0.3, 0.4) is 0 Å². The zero-order valence-electron chi connectivity index (χ0n) is 12.8. The maximum atomic E-state index is 12.0. The predicted octanol–water partition coefficient (Wildman–Crippen LogP) is 2.01. The van der Waals surface area contributed by atoms with E-state index in [4.69, 9.17) is 5.73 Å². The molecule has 1 amide bonds. The van der Waals surface area contributed by atoms with Crippen molar-refractivity contribution < 1.29 is 9.59 Å². The standard InChI is InChI=1S/C14H25N3O2S/c1-5-8-20-17-7-6-10(17)13(19)16-12(15)9-11(18)14(2,3)4/h10H,5-9H2,1-4H3,(H2,15,16,19). The second-order valence-electron chi connectivity index (χ2n) is 6.07. The van der Waals surface area contributed by atoms with Crippen molar-refractivity contribution in [1.29, 1.82) is 0 Å². The molecule has 0 saturated carbocycles. The molecule has 0 spiro atoms. The number of nitrogens with zero attached hydrogens (tertiary/aromatic N) is 2. The van der Waals surface area contributed by atoms with Crippen LogP contribution in [0.1, 0.15) is 47.0 Å². The first-order chi connectivity index (χ1) is 9.25. The quantitative estimate of drug-likeness (QED) is 0.461. The Hall–Kier alpha value is -0.880. The van der Waals surface area contributed by atoms with E-state index in [0.29, 0.717) is 0 Å². The molecule has 6 heteroatoms. The van der Waals surface area contributed by atoms with E-state index in [0.717, 1.165) is 25.1 Å². The third kappa shape index (κ3) is 4.90. The van der Waals surface area contributed by atoms with Crippen LogP contribution in [-0.2, 0) is 9.59 Å². The van der Waals surface area contributed by atoms with Gasteiger partial charge in [0.2, 0.25) is 0 Å². The molecule has 1 fully saturated rings. The largest absolute Gasteiger partial charge is 0.387 e. The molecule has 2 N–H and O–H groups in total. The first-order valence-electron chi connectivity index (χ1n) is 7.05. The van der Waals surface area contributed by atoms with E-state index in [1.807, 2.05) is 25.1 Å². The number of amidine groups is 1. The molecule has 0 aromatic carbocycles. The SMILES string of the molecule is CCCSN1CCC1C(=O)N=C(N)CC(=O)C(C)(C)C. The number of rotatable bonds is 6. The lowest BCUT2D eigenvalue weighted by Gasteiger charge is -2.37. The van der Waals surface area contributed by atoms with Gasteiger partial charge in [-0.3, -0.25) is 9.59 Å². The van der Waals surface area contributed by atoms with Crippen molar-refractivity contribution in [2.75, 3.05) is 12.3 Å². The lowest BCUT2D eigenvalue weighted by molar-refractivity contribution is -0.125. The van der Waals surface area contributed by atoms with Gasteiger partial charge < -0.3 is 5.73 Å². The van der Waals surface area contributed by atoms with Crippen molar-refractivity contribution in [3.63, 3.8) is 0 Å². The number of carbonyl (C=O) groups excluding carboxylic acids is 2. The Balaban J connectivity index is 2.52. The summed E-state index contributed by atoms with van der Waals surface area (Å²) < 4.78 is 2.05. The highest BCUT2D eigenvalue weighted by molar-refractivity contribution is 7.97. The van der Waals surface area contributed by atoms with Crippen LogP contribution < -0.4 is 5.73 Å². The topological polar surface area (TPSA) is 75.8 Å². The average molecular weight is 299 g/mol. The Kier molecular flexibility index (Phi) is 6.20. The van der Waals surface area contributed by atoms with E-state index in [2.05, 4.69) is 11.9 Å². The molecule has 0 aliphatic carbocycles. The third-order valence-corrected chi connectivity index (χ3v) is 4.51. The zero-order chi connectivity index (χ0) is 15.3. The van der Waals surface area contributed by atoms with Crippen molar-refractivity contribution in [3.8, 4) is 0 Å². The minimum Gasteiger partial charge on any atom is -0.387 e. The third-order valence-electron chi connectivity index (χ3n) is 3.15. The maximum Gasteiger partial charge on any atom is 0.265 e. The number of ketones is 1. The van der Waals surface area contributed by atoms with E-state index in [9.17, 15) is 9.59 Å². The molecule has 1 atom stereocenters. The van der Waals surface area contributed by atoms with Gasteiger partial charge in [-0.2, -0.15) is 4.99 Å². The van der Waals surface area contributed by atoms with Crippen LogP contribution in [0.4, 0.5) is 0 Å². The molecule has 0 radical (unpaired) electrons. The minimum atomic E-state index is -0.456. The number of aliphatic imine (C=N–C) groups is 1. The van der Waals surface area contributed by atoms with E-state index in [1.165, 1.54) is 0 Å². The second kappa shape index (κ2) is 7.22. The number of hydrogen-bond acceptors (Lipinski definition) is 4. The fourth-order valence-corrected chi connectivity index (χ4v) is 2.69. The maximum absolute atomic E-state index is 12.0. The summed E-state index contributed by atoms with van der Waals surface area (Å²) in [6.07, 6.45) is 1.94. The van der Waals surface area contributed by atoms with Crippen LogP contribution in [0, 0.1) is 5.41 Å². The zero-order valence-corrected chi connectivity index (χ0v) is 13.6. The highest BCUT2D eigenvalue weighted by Gasteiger charge is 2.34. The smallest absolute Gasteiger partial charge is 0.265 e. The summed E-state index contributed by atoms with van der Waals surface area (Å²) >= 11 is 1.68. The van der Waals surface area contributed by atoms with Gasteiger partial charge in [-0.15, -0.1) is 0 Å². The van der Waals surface area contributed by atoms with Gasteiger partial charge in [0, 0.05) is 17.7 Å². The highest BCUT2D eigenvalue weighted by Crippen LogP contribution is 2.27. The summed E-state index contributed by atoms with van der Waals surface area (Å²) in [5.41, 5.74) is 5.26. The molecule has 0 aromatic heterocycles. The molecule has 1 saturated heterocycles. The van der Waals surface area contributed by atoms with Crippen molar-refractivity contribution in [1.82, 2.24) is 4.31 Å². The van der Waals surface area contributed by atoms with Crippen LogP contribution >= 0.6 is 11.9 Å². The van der Waals surface area contributed by atoms with Gasteiger partial charge in [-0.1, -0.05) is 39.6 Å². The van der Waals surface area contributed by atoms with Crippen LogP contribution in [-0.4, -0.2) is 40.2 Å². The Labute approximate surface area is 125 Å². The molecule has 1 heterocycles. The van der Waals surface area contributed by atoms with Gasteiger partial charge in [-0.05, 0) is 12.8 Å². The molecular weight excluding hydrogens is 274 g/mol. The monoisotopic (exact) mass is 299 g/mol. The fourth-order valence-electron chi connectivity index (χ4n) is 1.66. The molecular formula is C14H25N3O2S. The predicted molar refractivity (Wildman–Crippen MR) is 83.6 cm³/mol. The van der Waals surface area contributed by atoms with Crippen LogP contribution in [0.15, 0.2) is 4.99 Å². The van der Waals surface area contributed by atoms with Gasteiger partial charge in [0.1, 0.15) is 17.7 Å². The van der Waals surface area contributed by atoms with Crippen LogP contribution in [0.2, 0.25) is 0 Å². The van der Waals surface area contributed by atoms with Gasteiger partial charge in [0.05, 0.1) is 6.42 Å². The van der Waals surface area contributed by atoms with Crippen molar-refractivity contribution in [2.24, 2.45) is 16.1 Å². The Morgan fingerprint density at radius 2 is 2.05 bits per heavy atom. The summed E-state index contributed by atoms with van der Waals surface area (Å²) in [6.45, 7) is 8.52.